The molecule has 0 aliphatic heterocycles. The molecule has 5 heteroatoms. The van der Waals surface area contributed by atoms with Crippen LogP contribution < -0.4 is 10.8 Å². The van der Waals surface area contributed by atoms with Crippen molar-refractivity contribution in [1.29, 1.82) is 0 Å². The van der Waals surface area contributed by atoms with Crippen LogP contribution in [0.5, 0.6) is 0 Å². The minimum Gasteiger partial charge on any atom is -0.347 e. The summed E-state index contributed by atoms with van der Waals surface area (Å²) in [7, 11) is 0. The van der Waals surface area contributed by atoms with Crippen molar-refractivity contribution in [3.05, 3.63) is 0 Å². The fraction of sp³-hybridized carbons (Fsp3) is 0.667. The summed E-state index contributed by atoms with van der Waals surface area (Å²) in [4.78, 5) is 21.2. The van der Waals surface area contributed by atoms with Gasteiger partial charge in [-0.05, 0) is 0 Å². The smallest absolute Gasteiger partial charge is 0.262 e. The van der Waals surface area contributed by atoms with E-state index in [4.69, 9.17) is 5.21 Å². The lowest BCUT2D eigenvalue weighted by molar-refractivity contribution is -0.132. The van der Waals surface area contributed by atoms with E-state index in [-0.39, 0.29) is 18.4 Å². The molecule has 0 saturated heterocycles. The molecule has 0 aromatic rings. The van der Waals surface area contributed by atoms with Crippen molar-refractivity contribution >= 4 is 11.8 Å². The first kappa shape index (κ1) is 9.90. The van der Waals surface area contributed by atoms with E-state index in [0.717, 1.165) is 0 Å². The second-order valence-electron chi connectivity index (χ2n) is 2.41. The molecule has 0 bridgehead atoms. The summed E-state index contributed by atoms with van der Waals surface area (Å²) in [6.07, 6.45) is 0. The van der Waals surface area contributed by atoms with Gasteiger partial charge < -0.3 is 5.32 Å². The Morgan fingerprint density at radius 3 is 2.36 bits per heavy atom. The maximum Gasteiger partial charge on any atom is 0.262 e. The molecule has 0 heterocycles. The molecule has 0 rings (SSSR count). The van der Waals surface area contributed by atoms with Crippen molar-refractivity contribution in [3.8, 4) is 0 Å². The molecule has 0 aliphatic rings. The van der Waals surface area contributed by atoms with E-state index in [0.29, 0.717) is 0 Å². The average molecular weight is 160 g/mol. The standard InChI is InChI=1S/C6H12N2O3/c1-4(2)6(10)7-3-5(9)8-11/h4,11H,3H2,1-2H3,(H,7,10)(H,8,9). The highest BCUT2D eigenvalue weighted by Gasteiger charge is 2.07. The maximum atomic E-state index is 10.8. The van der Waals surface area contributed by atoms with Gasteiger partial charge in [0.2, 0.25) is 5.91 Å². The van der Waals surface area contributed by atoms with Gasteiger partial charge in [-0.1, -0.05) is 13.8 Å². The van der Waals surface area contributed by atoms with Crippen molar-refractivity contribution in [2.45, 2.75) is 13.8 Å². The van der Waals surface area contributed by atoms with Crippen molar-refractivity contribution in [3.63, 3.8) is 0 Å². The number of hydroxylamine groups is 1. The number of nitrogens with one attached hydrogen (secondary N) is 2. The van der Waals surface area contributed by atoms with Crippen molar-refractivity contribution < 1.29 is 14.8 Å². The number of hydrogen-bond acceptors (Lipinski definition) is 3. The van der Waals surface area contributed by atoms with Crippen LogP contribution in [0.3, 0.4) is 0 Å². The van der Waals surface area contributed by atoms with Crippen LogP contribution >= 0.6 is 0 Å². The van der Waals surface area contributed by atoms with Gasteiger partial charge in [-0.25, -0.2) is 5.48 Å². The fourth-order valence-corrected chi connectivity index (χ4v) is 0.411. The minimum absolute atomic E-state index is 0.151. The van der Waals surface area contributed by atoms with Gasteiger partial charge in [0.15, 0.2) is 0 Å². The van der Waals surface area contributed by atoms with Gasteiger partial charge in [-0.2, -0.15) is 0 Å². The van der Waals surface area contributed by atoms with Gasteiger partial charge in [-0.15, -0.1) is 0 Å². The Morgan fingerprint density at radius 1 is 1.45 bits per heavy atom. The van der Waals surface area contributed by atoms with E-state index >= 15 is 0 Å². The van der Waals surface area contributed by atoms with Crippen molar-refractivity contribution in [2.24, 2.45) is 5.92 Å². The first-order chi connectivity index (χ1) is 5.07. The van der Waals surface area contributed by atoms with E-state index in [1.807, 2.05) is 0 Å². The predicted octanol–water partition coefficient (Wildman–Crippen LogP) is -0.736. The van der Waals surface area contributed by atoms with Crippen molar-refractivity contribution in [2.75, 3.05) is 6.54 Å². The molecule has 0 aromatic carbocycles. The lowest BCUT2D eigenvalue weighted by atomic mass is 10.2. The topological polar surface area (TPSA) is 78.4 Å². The van der Waals surface area contributed by atoms with E-state index in [9.17, 15) is 9.59 Å². The third-order valence-electron chi connectivity index (χ3n) is 1.07. The molecule has 2 amide bonds. The zero-order valence-electron chi connectivity index (χ0n) is 6.55. The fourth-order valence-electron chi connectivity index (χ4n) is 0.411. The molecule has 0 fully saturated rings. The number of amides is 2. The largest absolute Gasteiger partial charge is 0.347 e. The molecule has 5 nitrogen and oxygen atoms in total. The van der Waals surface area contributed by atoms with E-state index < -0.39 is 5.91 Å². The number of hydrogen-bond donors (Lipinski definition) is 3. The van der Waals surface area contributed by atoms with E-state index in [1.165, 1.54) is 5.48 Å². The van der Waals surface area contributed by atoms with Crippen LogP contribution in [0, 0.1) is 5.92 Å². The summed E-state index contributed by atoms with van der Waals surface area (Å²) in [5.41, 5.74) is 1.41. The molecule has 64 valence electrons. The Kier molecular flexibility index (Phi) is 4.21. The van der Waals surface area contributed by atoms with Crippen molar-refractivity contribution in [1.82, 2.24) is 10.8 Å². The van der Waals surface area contributed by atoms with Crippen LogP contribution in [0.1, 0.15) is 13.8 Å². The number of carbonyl (C=O) groups is 2. The zero-order valence-corrected chi connectivity index (χ0v) is 6.55. The second-order valence-corrected chi connectivity index (χ2v) is 2.41. The SMILES string of the molecule is CC(C)C(=O)NCC(=O)NO. The van der Waals surface area contributed by atoms with Gasteiger partial charge in [0.05, 0.1) is 6.54 Å². The molecular formula is C6H12N2O3. The Labute approximate surface area is 64.7 Å². The summed E-state index contributed by atoms with van der Waals surface area (Å²) in [5.74, 6) is -0.992. The summed E-state index contributed by atoms with van der Waals surface area (Å²) in [6, 6.07) is 0. The molecule has 0 aliphatic carbocycles. The average Bonchev–Trinajstić information content (AvgIpc) is 1.99. The summed E-state index contributed by atoms with van der Waals surface area (Å²) >= 11 is 0. The molecular weight excluding hydrogens is 148 g/mol. The van der Waals surface area contributed by atoms with Crippen LogP contribution in [-0.2, 0) is 9.59 Å². The molecule has 11 heavy (non-hydrogen) atoms. The van der Waals surface area contributed by atoms with E-state index in [1.54, 1.807) is 13.8 Å². The van der Waals surface area contributed by atoms with Crippen LogP contribution in [0.2, 0.25) is 0 Å². The highest BCUT2D eigenvalue weighted by Crippen LogP contribution is 1.88. The molecule has 0 unspecified atom stereocenters. The van der Waals surface area contributed by atoms with Gasteiger partial charge in [0.25, 0.3) is 5.91 Å². The Morgan fingerprint density at radius 2 is 2.00 bits per heavy atom. The molecule has 0 atom stereocenters. The number of carbonyl (C=O) groups excluding carboxylic acids is 2. The molecule has 0 spiro atoms. The third-order valence-corrected chi connectivity index (χ3v) is 1.07. The van der Waals surface area contributed by atoms with Crippen LogP contribution in [0.15, 0.2) is 0 Å². The first-order valence-electron chi connectivity index (χ1n) is 3.28. The Bertz CT molecular complexity index is 156. The van der Waals surface area contributed by atoms with Gasteiger partial charge in [0, 0.05) is 5.92 Å². The highest BCUT2D eigenvalue weighted by molar-refractivity contribution is 5.84. The third kappa shape index (κ3) is 4.32. The Hall–Kier alpha value is -1.10. The quantitative estimate of drug-likeness (QED) is 0.376. The summed E-state index contributed by atoms with van der Waals surface area (Å²) < 4.78 is 0. The normalized spacial score (nSPS) is 9.45. The second kappa shape index (κ2) is 4.68. The maximum absolute atomic E-state index is 10.8. The summed E-state index contributed by atoms with van der Waals surface area (Å²) in [5, 5.41) is 10.4. The zero-order chi connectivity index (χ0) is 8.85. The van der Waals surface area contributed by atoms with Crippen LogP contribution in [-0.4, -0.2) is 23.6 Å². The molecule has 0 saturated carbocycles. The molecule has 3 N–H and O–H groups in total. The first-order valence-corrected chi connectivity index (χ1v) is 3.28. The lowest BCUT2D eigenvalue weighted by Crippen LogP contribution is -2.37. The van der Waals surface area contributed by atoms with Gasteiger partial charge in [0.1, 0.15) is 0 Å². The van der Waals surface area contributed by atoms with Crippen LogP contribution in [0.4, 0.5) is 0 Å². The number of rotatable bonds is 3. The molecule has 0 aromatic heterocycles. The van der Waals surface area contributed by atoms with Crippen LogP contribution in [0.25, 0.3) is 0 Å². The lowest BCUT2D eigenvalue weighted by Gasteiger charge is -2.05. The minimum atomic E-state index is -0.626. The monoisotopic (exact) mass is 160 g/mol. The Balaban J connectivity index is 3.54. The predicted molar refractivity (Wildman–Crippen MR) is 37.8 cm³/mol. The molecule has 0 radical (unpaired) electrons. The van der Waals surface area contributed by atoms with Gasteiger partial charge >= 0.3 is 0 Å². The highest BCUT2D eigenvalue weighted by atomic mass is 16.5. The summed E-state index contributed by atoms with van der Waals surface area (Å²) in [6.45, 7) is 3.24. The van der Waals surface area contributed by atoms with E-state index in [2.05, 4.69) is 5.32 Å². The van der Waals surface area contributed by atoms with Gasteiger partial charge in [-0.3, -0.25) is 14.8 Å².